The van der Waals surface area contributed by atoms with E-state index in [0.29, 0.717) is 64.8 Å². The van der Waals surface area contributed by atoms with Crippen LogP contribution in [0, 0.1) is 11.3 Å². The van der Waals surface area contributed by atoms with Gasteiger partial charge >= 0.3 is 0 Å². The van der Waals surface area contributed by atoms with Crippen LogP contribution >= 0.6 is 39.1 Å². The summed E-state index contributed by atoms with van der Waals surface area (Å²) in [5, 5.41) is 0. The fourth-order valence-corrected chi connectivity index (χ4v) is 8.16. The van der Waals surface area contributed by atoms with E-state index in [9.17, 15) is 47.3 Å². The van der Waals surface area contributed by atoms with Crippen LogP contribution in [0.5, 0.6) is 0 Å². The summed E-state index contributed by atoms with van der Waals surface area (Å²) in [5.41, 5.74) is 24.5. The van der Waals surface area contributed by atoms with Crippen LogP contribution in [-0.2, 0) is 77.5 Å². The molecule has 0 fully saturated rings. The van der Waals surface area contributed by atoms with Crippen LogP contribution in [0.2, 0.25) is 0 Å². The normalized spacial score (nSPS) is 18.5. The second-order valence-electron chi connectivity index (χ2n) is 12.1. The van der Waals surface area contributed by atoms with Crippen molar-refractivity contribution in [2.75, 3.05) is 93.1 Å². The molecular weight excluding hydrogens is 913 g/mol. The topological polar surface area (TPSA) is 442 Å². The first kappa shape index (κ1) is 62.4. The van der Waals surface area contributed by atoms with Gasteiger partial charge in [-0.15, -0.1) is 0 Å². The van der Waals surface area contributed by atoms with E-state index < -0.39 is 78.2 Å². The summed E-state index contributed by atoms with van der Waals surface area (Å²) in [6.45, 7) is 2.04. The van der Waals surface area contributed by atoms with Crippen LogP contribution in [-0.4, -0.2) is 93.1 Å². The number of phosphoric acid groups is 5. The number of rotatable bonds is 41. The van der Waals surface area contributed by atoms with Gasteiger partial charge in [-0.25, -0.2) is 0 Å². The van der Waals surface area contributed by atoms with Crippen molar-refractivity contribution in [1.29, 1.82) is 0 Å². The fourth-order valence-electron chi connectivity index (χ4n) is 5.12. The molecule has 364 valence electrons. The molecule has 32 heteroatoms. The van der Waals surface area contributed by atoms with Crippen LogP contribution in [0.15, 0.2) is 0 Å². The molecule has 0 saturated carbocycles. The molecule has 5 atom stereocenters. The van der Waals surface area contributed by atoms with Crippen molar-refractivity contribution < 1.29 is 102 Å². The monoisotopic (exact) mass is 978 g/mol. The van der Waals surface area contributed by atoms with E-state index in [2.05, 4.69) is 31.7 Å². The maximum atomic E-state index is 11.5. The van der Waals surface area contributed by atoms with Gasteiger partial charge in [0.15, 0.2) is 0 Å². The molecule has 0 aromatic carbocycles. The molecule has 0 radical (unpaired) electrons. The van der Waals surface area contributed by atoms with Gasteiger partial charge in [-0.3, -0.25) is 22.8 Å². The quantitative estimate of drug-likeness (QED) is 0.0297. The minimum absolute atomic E-state index is 0.0278. The molecular formula is C28H65N5O22P5-5. The predicted molar refractivity (Wildman–Crippen MR) is 204 cm³/mol. The summed E-state index contributed by atoms with van der Waals surface area (Å²) in [6.07, 6.45) is 4.16. The van der Waals surface area contributed by atoms with E-state index >= 15 is 0 Å². The molecule has 0 bridgehead atoms. The molecule has 0 aromatic rings. The number of phosphoric ester groups is 5. The summed E-state index contributed by atoms with van der Waals surface area (Å²) < 4.78 is 113. The zero-order valence-corrected chi connectivity index (χ0v) is 38.6. The van der Waals surface area contributed by atoms with Gasteiger partial charge in [0.2, 0.25) is 0 Å². The lowest BCUT2D eigenvalue weighted by molar-refractivity contribution is -0.227. The maximum Gasteiger partial charge on any atom is 0.269 e. The van der Waals surface area contributed by atoms with Crippen LogP contribution in [0.3, 0.4) is 0 Å². The van der Waals surface area contributed by atoms with Crippen molar-refractivity contribution in [3.05, 3.63) is 0 Å². The van der Waals surface area contributed by atoms with Gasteiger partial charge in [-0.1, -0.05) is 0 Å². The highest BCUT2D eigenvalue weighted by atomic mass is 31.2. The molecule has 27 nitrogen and oxygen atoms in total. The summed E-state index contributed by atoms with van der Waals surface area (Å²) in [6, 6.07) is 0. The third-order valence-corrected chi connectivity index (χ3v) is 12.5. The zero-order valence-electron chi connectivity index (χ0n) is 34.2. The Morgan fingerprint density at radius 2 is 0.700 bits per heavy atom. The third kappa shape index (κ3) is 36.6. The summed E-state index contributed by atoms with van der Waals surface area (Å²) in [4.78, 5) is 57.0. The predicted octanol–water partition coefficient (Wildman–Crippen LogP) is -0.362. The van der Waals surface area contributed by atoms with E-state index in [1.54, 1.807) is 6.92 Å². The SMILES string of the molecule is CCOCC(CCCOP(=O)([O-])OCN)(CCCOP(=O)([O-])OCN)CCCOP(=O)([O-])OCN.CCOCC(CCCOP(=O)([O-])OCN)CCCOP(=O)([O-])OCN. The number of hydrogen-bond acceptors (Lipinski definition) is 27. The average molecular weight is 979 g/mol. The molecule has 0 saturated heterocycles. The van der Waals surface area contributed by atoms with Gasteiger partial charge in [0.05, 0.1) is 39.6 Å². The standard InChI is InChI=1S/C16H40N3O13P3.C12H30N2O9P2/c1-2-26-12-16(6-3-9-27-33(20,21)30-13-17,7-4-10-28-34(22,23)31-14-18)8-5-11-29-35(24,25)32-15-19;1-2-19-9-12(5-3-7-20-24(15,16)22-10-13)6-4-8-21-25(17,18)23-11-14/h2-15,17-19H2,1H3,(H,20,21)(H,22,23)(H,24,25);12H,2-11,13-14H2,1H3,(H,15,16)(H,17,18)/p-5. The maximum absolute atomic E-state index is 11.5. The van der Waals surface area contributed by atoms with Crippen molar-refractivity contribution in [3.8, 4) is 0 Å². The third-order valence-electron chi connectivity index (χ3n) is 7.65. The molecule has 0 rings (SSSR count). The van der Waals surface area contributed by atoms with Crippen molar-refractivity contribution in [2.24, 2.45) is 40.0 Å². The highest BCUT2D eigenvalue weighted by Gasteiger charge is 2.30. The highest BCUT2D eigenvalue weighted by Crippen LogP contribution is 2.43. The Morgan fingerprint density at radius 3 is 0.950 bits per heavy atom. The van der Waals surface area contributed by atoms with Crippen LogP contribution < -0.4 is 53.1 Å². The smallest absolute Gasteiger partial charge is 0.269 e. The van der Waals surface area contributed by atoms with Gasteiger partial charge in [-0.05, 0) is 89.4 Å². The lowest BCUT2D eigenvalue weighted by Crippen LogP contribution is -2.29. The molecule has 0 spiro atoms. The summed E-state index contributed by atoms with van der Waals surface area (Å²) in [7, 11) is -22.3. The number of nitrogens with two attached hydrogens (primary N) is 5. The molecule has 10 N–H and O–H groups in total. The number of ether oxygens (including phenoxy) is 2. The van der Waals surface area contributed by atoms with Crippen LogP contribution in [0.1, 0.15) is 78.1 Å². The second-order valence-corrected chi connectivity index (χ2v) is 19.2. The Morgan fingerprint density at radius 1 is 0.433 bits per heavy atom. The Kier molecular flexibility index (Phi) is 36.9. The first-order chi connectivity index (χ1) is 28.1. The second kappa shape index (κ2) is 35.5. The first-order valence-corrected chi connectivity index (χ1v) is 26.1. The van der Waals surface area contributed by atoms with Crippen LogP contribution in [0.4, 0.5) is 0 Å². The average Bonchev–Trinajstić information content (AvgIpc) is 3.15. The summed E-state index contributed by atoms with van der Waals surface area (Å²) in [5.74, 6) is 0.107. The molecule has 0 aliphatic carbocycles. The van der Waals surface area contributed by atoms with Crippen molar-refractivity contribution in [2.45, 2.75) is 78.1 Å². The Labute approximate surface area is 351 Å². The summed E-state index contributed by atoms with van der Waals surface area (Å²) >= 11 is 0. The van der Waals surface area contributed by atoms with Crippen molar-refractivity contribution in [3.63, 3.8) is 0 Å². The fraction of sp³-hybridized carbons (Fsp3) is 1.00. The first-order valence-electron chi connectivity index (χ1n) is 18.8. The molecule has 0 heterocycles. The van der Waals surface area contributed by atoms with Crippen molar-refractivity contribution in [1.82, 2.24) is 0 Å². The molecule has 0 aliphatic rings. The van der Waals surface area contributed by atoms with E-state index in [1.807, 2.05) is 6.92 Å². The Balaban J connectivity index is 0. The molecule has 5 unspecified atom stereocenters. The van der Waals surface area contributed by atoms with Crippen LogP contribution in [0.25, 0.3) is 0 Å². The molecule has 0 aromatic heterocycles. The van der Waals surface area contributed by atoms with E-state index in [4.69, 9.17) is 51.7 Å². The van der Waals surface area contributed by atoms with Gasteiger partial charge in [0.1, 0.15) is 33.7 Å². The van der Waals surface area contributed by atoms with E-state index in [-0.39, 0.29) is 64.8 Å². The van der Waals surface area contributed by atoms with Gasteiger partial charge in [0.25, 0.3) is 39.1 Å². The Bertz CT molecular complexity index is 1200. The zero-order chi connectivity index (χ0) is 46.0. The minimum atomic E-state index is -4.52. The lowest BCUT2D eigenvalue weighted by atomic mass is 9.76. The molecule has 0 amide bonds. The minimum Gasteiger partial charge on any atom is -0.756 e. The lowest BCUT2D eigenvalue weighted by Gasteiger charge is -2.35. The molecule has 60 heavy (non-hydrogen) atoms. The molecule has 0 aliphatic heterocycles. The Hall–Kier alpha value is 0.270. The van der Waals surface area contributed by atoms with E-state index in [1.165, 1.54) is 0 Å². The van der Waals surface area contributed by atoms with Gasteiger partial charge < -0.3 is 108 Å². The largest absolute Gasteiger partial charge is 0.756 e. The van der Waals surface area contributed by atoms with Gasteiger partial charge in [-0.2, -0.15) is 0 Å². The van der Waals surface area contributed by atoms with Crippen molar-refractivity contribution >= 4 is 39.1 Å². The number of hydrogen-bond donors (Lipinski definition) is 5. The van der Waals surface area contributed by atoms with Gasteiger partial charge in [0, 0.05) is 19.8 Å². The van der Waals surface area contributed by atoms with E-state index in [0.717, 1.165) is 0 Å². The highest BCUT2D eigenvalue weighted by molar-refractivity contribution is 7.46.